The van der Waals surface area contributed by atoms with Crippen LogP contribution in [0.1, 0.15) is 44.2 Å². The lowest BCUT2D eigenvalue weighted by atomic mass is 10.1. The minimum Gasteiger partial charge on any atom is -0.382 e. The molecule has 2 aromatic rings. The van der Waals surface area contributed by atoms with Gasteiger partial charge in [-0.05, 0) is 38.0 Å². The zero-order chi connectivity index (χ0) is 16.7. The summed E-state index contributed by atoms with van der Waals surface area (Å²) in [6.07, 6.45) is 3.50. The lowest BCUT2D eigenvalue weighted by Gasteiger charge is -2.21. The molecule has 0 fully saturated rings. The third-order valence-electron chi connectivity index (χ3n) is 3.97. The molecule has 23 heavy (non-hydrogen) atoms. The van der Waals surface area contributed by atoms with E-state index < -0.39 is 0 Å². The van der Waals surface area contributed by atoms with Crippen LogP contribution in [0.15, 0.2) is 64.9 Å². The molecule has 0 radical (unpaired) electrons. The highest BCUT2D eigenvalue weighted by atomic mass is 32.2. The molecule has 0 aromatic heterocycles. The van der Waals surface area contributed by atoms with Crippen LogP contribution in [0, 0.1) is 6.92 Å². The van der Waals surface area contributed by atoms with Crippen LogP contribution in [0.4, 0.5) is 0 Å². The Morgan fingerprint density at radius 1 is 1.09 bits per heavy atom. The Morgan fingerprint density at radius 3 is 2.43 bits per heavy atom. The SMILES string of the molecule is C=C(NC(CC)CCC)c1ccccc1Sc1ccc(C)cc1. The molecule has 0 saturated heterocycles. The summed E-state index contributed by atoms with van der Waals surface area (Å²) in [5, 5.41) is 3.61. The maximum atomic E-state index is 4.29. The maximum absolute atomic E-state index is 4.29. The van der Waals surface area contributed by atoms with Crippen molar-refractivity contribution >= 4 is 17.5 Å². The highest BCUT2D eigenvalue weighted by Crippen LogP contribution is 2.33. The van der Waals surface area contributed by atoms with Gasteiger partial charge in [0.15, 0.2) is 0 Å². The predicted molar refractivity (Wildman–Crippen MR) is 103 cm³/mol. The summed E-state index contributed by atoms with van der Waals surface area (Å²) in [5.74, 6) is 0. The van der Waals surface area contributed by atoms with Gasteiger partial charge in [0.05, 0.1) is 0 Å². The third kappa shape index (κ3) is 5.18. The van der Waals surface area contributed by atoms with Gasteiger partial charge in [0.1, 0.15) is 0 Å². The second-order valence-electron chi connectivity index (χ2n) is 5.93. The quantitative estimate of drug-likeness (QED) is 0.612. The van der Waals surface area contributed by atoms with Crippen molar-refractivity contribution in [1.29, 1.82) is 0 Å². The minimum atomic E-state index is 0.505. The molecule has 1 unspecified atom stereocenters. The summed E-state index contributed by atoms with van der Waals surface area (Å²) < 4.78 is 0. The molecule has 2 aromatic carbocycles. The van der Waals surface area contributed by atoms with E-state index in [1.165, 1.54) is 33.8 Å². The monoisotopic (exact) mass is 325 g/mol. The van der Waals surface area contributed by atoms with Crippen molar-refractivity contribution in [3.05, 3.63) is 66.2 Å². The Morgan fingerprint density at radius 2 is 1.78 bits per heavy atom. The average molecular weight is 326 g/mol. The third-order valence-corrected chi connectivity index (χ3v) is 5.05. The van der Waals surface area contributed by atoms with E-state index in [9.17, 15) is 0 Å². The van der Waals surface area contributed by atoms with Crippen LogP contribution >= 0.6 is 11.8 Å². The molecular weight excluding hydrogens is 298 g/mol. The molecule has 1 nitrogen and oxygen atoms in total. The highest BCUT2D eigenvalue weighted by Gasteiger charge is 2.11. The Labute approximate surface area is 145 Å². The first kappa shape index (κ1) is 17.7. The lowest BCUT2D eigenvalue weighted by molar-refractivity contribution is 0.528. The van der Waals surface area contributed by atoms with Gasteiger partial charge in [-0.15, -0.1) is 0 Å². The van der Waals surface area contributed by atoms with E-state index in [2.05, 4.69) is 81.2 Å². The van der Waals surface area contributed by atoms with E-state index in [-0.39, 0.29) is 0 Å². The molecule has 0 spiro atoms. The molecule has 0 aliphatic rings. The van der Waals surface area contributed by atoms with Gasteiger partial charge in [-0.25, -0.2) is 0 Å². The fraction of sp³-hybridized carbons (Fsp3) is 0.333. The van der Waals surface area contributed by atoms with Crippen molar-refractivity contribution in [2.75, 3.05) is 0 Å². The predicted octanol–water partition coefficient (Wildman–Crippen LogP) is 6.29. The Kier molecular flexibility index (Phi) is 6.79. The molecule has 1 atom stereocenters. The first-order valence-electron chi connectivity index (χ1n) is 8.43. The van der Waals surface area contributed by atoms with Gasteiger partial charge in [0.2, 0.25) is 0 Å². The molecule has 0 aliphatic heterocycles. The summed E-state index contributed by atoms with van der Waals surface area (Å²) in [4.78, 5) is 2.51. The standard InChI is InChI=1S/C21H27NS/c1-5-9-18(6-2)22-17(4)20-10-7-8-11-21(20)23-19-14-12-16(3)13-15-19/h7-8,10-15,18,22H,4-6,9H2,1-3H3. The largest absolute Gasteiger partial charge is 0.382 e. The van der Waals surface area contributed by atoms with Gasteiger partial charge < -0.3 is 5.32 Å². The second kappa shape index (κ2) is 8.83. The molecule has 2 heteroatoms. The van der Waals surface area contributed by atoms with E-state index in [1.807, 2.05) is 0 Å². The molecular formula is C21H27NS. The first-order valence-corrected chi connectivity index (χ1v) is 9.25. The smallest absolute Gasteiger partial charge is 0.0354 e. The van der Waals surface area contributed by atoms with E-state index in [0.717, 1.165) is 12.1 Å². The summed E-state index contributed by atoms with van der Waals surface area (Å²) in [7, 11) is 0. The van der Waals surface area contributed by atoms with Gasteiger partial charge >= 0.3 is 0 Å². The second-order valence-corrected chi connectivity index (χ2v) is 7.04. The number of rotatable bonds is 8. The van der Waals surface area contributed by atoms with Gasteiger partial charge in [0, 0.05) is 27.1 Å². The molecule has 0 bridgehead atoms. The fourth-order valence-electron chi connectivity index (χ4n) is 2.59. The topological polar surface area (TPSA) is 12.0 Å². The summed E-state index contributed by atoms with van der Waals surface area (Å²) >= 11 is 1.80. The summed E-state index contributed by atoms with van der Waals surface area (Å²) in [6, 6.07) is 17.7. The van der Waals surface area contributed by atoms with Crippen molar-refractivity contribution in [2.45, 2.75) is 55.9 Å². The maximum Gasteiger partial charge on any atom is 0.0354 e. The van der Waals surface area contributed by atoms with E-state index in [1.54, 1.807) is 11.8 Å². The van der Waals surface area contributed by atoms with Crippen LogP contribution < -0.4 is 5.32 Å². The molecule has 0 saturated carbocycles. The van der Waals surface area contributed by atoms with Crippen molar-refractivity contribution in [2.24, 2.45) is 0 Å². The van der Waals surface area contributed by atoms with Crippen LogP contribution in [0.25, 0.3) is 5.70 Å². The number of hydrogen-bond donors (Lipinski definition) is 1. The molecule has 122 valence electrons. The van der Waals surface area contributed by atoms with Crippen LogP contribution in [-0.4, -0.2) is 6.04 Å². The van der Waals surface area contributed by atoms with E-state index in [4.69, 9.17) is 0 Å². The first-order chi connectivity index (χ1) is 11.1. The van der Waals surface area contributed by atoms with E-state index in [0.29, 0.717) is 6.04 Å². The fourth-order valence-corrected chi connectivity index (χ4v) is 3.56. The minimum absolute atomic E-state index is 0.505. The number of hydrogen-bond acceptors (Lipinski definition) is 2. The van der Waals surface area contributed by atoms with Crippen LogP contribution in [0.3, 0.4) is 0 Å². The van der Waals surface area contributed by atoms with E-state index >= 15 is 0 Å². The van der Waals surface area contributed by atoms with Crippen molar-refractivity contribution in [3.8, 4) is 0 Å². The van der Waals surface area contributed by atoms with Crippen molar-refractivity contribution in [3.63, 3.8) is 0 Å². The molecule has 0 amide bonds. The lowest BCUT2D eigenvalue weighted by Crippen LogP contribution is -2.26. The summed E-state index contributed by atoms with van der Waals surface area (Å²) in [6.45, 7) is 10.9. The van der Waals surface area contributed by atoms with Gasteiger partial charge in [0.25, 0.3) is 0 Å². The number of aryl methyl sites for hydroxylation is 1. The van der Waals surface area contributed by atoms with Crippen LogP contribution in [0.2, 0.25) is 0 Å². The number of nitrogens with one attached hydrogen (secondary N) is 1. The van der Waals surface area contributed by atoms with Crippen LogP contribution in [-0.2, 0) is 0 Å². The van der Waals surface area contributed by atoms with Crippen molar-refractivity contribution < 1.29 is 0 Å². The molecule has 2 rings (SSSR count). The Hall–Kier alpha value is -1.67. The zero-order valence-corrected chi connectivity index (χ0v) is 15.2. The van der Waals surface area contributed by atoms with Crippen molar-refractivity contribution in [1.82, 2.24) is 5.32 Å². The van der Waals surface area contributed by atoms with Crippen LogP contribution in [0.5, 0.6) is 0 Å². The van der Waals surface area contributed by atoms with Gasteiger partial charge in [-0.1, -0.05) is 74.5 Å². The average Bonchev–Trinajstić information content (AvgIpc) is 2.57. The summed E-state index contributed by atoms with van der Waals surface area (Å²) in [5.41, 5.74) is 3.52. The number of benzene rings is 2. The normalized spacial score (nSPS) is 12.0. The zero-order valence-electron chi connectivity index (χ0n) is 14.4. The van der Waals surface area contributed by atoms with Gasteiger partial charge in [-0.3, -0.25) is 0 Å². The molecule has 0 aliphatic carbocycles. The molecule has 0 heterocycles. The Bertz CT molecular complexity index is 631. The molecule has 1 N–H and O–H groups in total. The highest BCUT2D eigenvalue weighted by molar-refractivity contribution is 7.99. The van der Waals surface area contributed by atoms with Gasteiger partial charge in [-0.2, -0.15) is 0 Å². The Balaban J connectivity index is 2.16.